The molecule has 0 heterocycles. The average molecular weight is 645 g/mol. The minimum absolute atomic E-state index is 0.0330. The Kier molecular flexibility index (Phi) is 10.5. The van der Waals surface area contributed by atoms with Crippen LogP contribution in [-0.4, -0.2) is 44.8 Å². The summed E-state index contributed by atoms with van der Waals surface area (Å²) >= 11 is 18.3. The summed E-state index contributed by atoms with van der Waals surface area (Å²) < 4.78 is 28.9. The van der Waals surface area contributed by atoms with Crippen molar-refractivity contribution in [2.24, 2.45) is 0 Å². The van der Waals surface area contributed by atoms with Crippen molar-refractivity contribution < 1.29 is 18.0 Å². The second kappa shape index (κ2) is 14.1. The molecule has 11 heteroatoms. The summed E-state index contributed by atoms with van der Waals surface area (Å²) in [6, 6.07) is 27.1. The zero-order valence-corrected chi connectivity index (χ0v) is 25.7. The molecule has 0 spiro atoms. The first-order valence-electron chi connectivity index (χ1n) is 12.9. The SMILES string of the molecule is CNC(=O)C(Cc1ccccc1)N(Cc1ccc(Cl)cc1)C(=O)CN(c1cccc(Cl)c1)S(=O)(=O)c1ccc(Cl)cc1. The number of hydrogen-bond acceptors (Lipinski definition) is 4. The quantitative estimate of drug-likeness (QED) is 0.210. The number of sulfonamides is 1. The van der Waals surface area contributed by atoms with E-state index in [9.17, 15) is 18.0 Å². The Morgan fingerprint density at radius 2 is 1.38 bits per heavy atom. The number of carbonyl (C=O) groups excluding carboxylic acids is 2. The Balaban J connectivity index is 1.78. The second-order valence-corrected chi connectivity index (χ2v) is 12.6. The van der Waals surface area contributed by atoms with Gasteiger partial charge in [0.25, 0.3) is 10.0 Å². The van der Waals surface area contributed by atoms with E-state index in [0.29, 0.717) is 20.6 Å². The lowest BCUT2D eigenvalue weighted by atomic mass is 10.0. The van der Waals surface area contributed by atoms with Crippen LogP contribution in [0, 0.1) is 0 Å². The van der Waals surface area contributed by atoms with Crippen LogP contribution in [0.2, 0.25) is 15.1 Å². The van der Waals surface area contributed by atoms with Gasteiger partial charge < -0.3 is 10.2 Å². The van der Waals surface area contributed by atoms with Crippen LogP contribution in [0.1, 0.15) is 11.1 Å². The van der Waals surface area contributed by atoms with E-state index in [-0.39, 0.29) is 23.5 Å². The second-order valence-electron chi connectivity index (χ2n) is 9.41. The van der Waals surface area contributed by atoms with Gasteiger partial charge in [-0.05, 0) is 65.7 Å². The molecule has 0 radical (unpaired) electrons. The zero-order chi connectivity index (χ0) is 30.3. The average Bonchev–Trinajstić information content (AvgIpc) is 2.98. The Bertz CT molecular complexity index is 1630. The van der Waals surface area contributed by atoms with E-state index in [1.165, 1.54) is 42.3 Å². The van der Waals surface area contributed by atoms with Gasteiger partial charge in [-0.1, -0.05) is 83.3 Å². The summed E-state index contributed by atoms with van der Waals surface area (Å²) in [5.74, 6) is -0.983. The molecule has 0 aliphatic rings. The van der Waals surface area contributed by atoms with E-state index in [1.54, 1.807) is 42.5 Å². The minimum atomic E-state index is -4.25. The summed E-state index contributed by atoms with van der Waals surface area (Å²) in [6.45, 7) is -0.563. The molecule has 1 atom stereocenters. The third-order valence-corrected chi connectivity index (χ3v) is 9.09. The number of likely N-dealkylation sites (N-methyl/N-ethyl adjacent to an activating group) is 1. The Morgan fingerprint density at radius 3 is 1.98 bits per heavy atom. The van der Waals surface area contributed by atoms with Crippen LogP contribution in [0.4, 0.5) is 5.69 Å². The van der Waals surface area contributed by atoms with Crippen LogP contribution in [0.15, 0.2) is 108 Å². The number of carbonyl (C=O) groups is 2. The minimum Gasteiger partial charge on any atom is -0.357 e. The molecule has 0 aliphatic carbocycles. The molecule has 7 nitrogen and oxygen atoms in total. The van der Waals surface area contributed by atoms with Crippen LogP contribution >= 0.6 is 34.8 Å². The number of nitrogens with zero attached hydrogens (tertiary/aromatic N) is 2. The fourth-order valence-corrected chi connectivity index (χ4v) is 6.24. The lowest BCUT2D eigenvalue weighted by Gasteiger charge is -2.33. The fraction of sp³-hybridized carbons (Fsp3) is 0.161. The first-order chi connectivity index (χ1) is 20.1. The molecule has 218 valence electrons. The number of benzene rings is 4. The van der Waals surface area contributed by atoms with Crippen molar-refractivity contribution in [3.63, 3.8) is 0 Å². The maximum absolute atomic E-state index is 14.2. The standard InChI is InChI=1S/C31H28Cl3N3O4S/c1-35-31(39)29(18-22-6-3-2-4-7-22)36(20-23-10-12-24(32)13-11-23)30(38)21-37(27-9-5-8-26(34)19-27)42(40,41)28-16-14-25(33)15-17-28/h2-17,19,29H,18,20-21H2,1H3,(H,35,39). The van der Waals surface area contributed by atoms with Gasteiger partial charge in [-0.15, -0.1) is 0 Å². The predicted molar refractivity (Wildman–Crippen MR) is 167 cm³/mol. The molecule has 0 aliphatic heterocycles. The van der Waals surface area contributed by atoms with Crippen LogP contribution in [0.5, 0.6) is 0 Å². The van der Waals surface area contributed by atoms with Gasteiger partial charge in [0.15, 0.2) is 0 Å². The molecule has 0 saturated carbocycles. The van der Waals surface area contributed by atoms with Gasteiger partial charge in [0.2, 0.25) is 11.8 Å². The van der Waals surface area contributed by atoms with Crippen LogP contribution < -0.4 is 9.62 Å². The Labute approximate surface area is 260 Å². The smallest absolute Gasteiger partial charge is 0.264 e. The van der Waals surface area contributed by atoms with Crippen molar-refractivity contribution in [2.75, 3.05) is 17.9 Å². The molecule has 42 heavy (non-hydrogen) atoms. The van der Waals surface area contributed by atoms with E-state index >= 15 is 0 Å². The lowest BCUT2D eigenvalue weighted by Crippen LogP contribution is -2.53. The van der Waals surface area contributed by atoms with E-state index in [1.807, 2.05) is 30.3 Å². The maximum atomic E-state index is 14.2. The first kappa shape index (κ1) is 31.4. The topological polar surface area (TPSA) is 86.8 Å². The van der Waals surface area contributed by atoms with Crippen molar-refractivity contribution in [3.05, 3.63) is 129 Å². The van der Waals surface area contributed by atoms with Gasteiger partial charge in [0, 0.05) is 35.1 Å². The van der Waals surface area contributed by atoms with Crippen molar-refractivity contribution in [2.45, 2.75) is 23.9 Å². The summed E-state index contributed by atoms with van der Waals surface area (Å²) in [7, 11) is -2.76. The predicted octanol–water partition coefficient (Wildman–Crippen LogP) is 6.23. The van der Waals surface area contributed by atoms with Gasteiger partial charge in [0.1, 0.15) is 12.6 Å². The molecular weight excluding hydrogens is 617 g/mol. The third kappa shape index (κ3) is 7.83. The molecule has 4 aromatic rings. The van der Waals surface area contributed by atoms with Crippen molar-refractivity contribution in [3.8, 4) is 0 Å². The highest BCUT2D eigenvalue weighted by Gasteiger charge is 2.34. The number of rotatable bonds is 11. The van der Waals surface area contributed by atoms with Crippen molar-refractivity contribution in [1.82, 2.24) is 10.2 Å². The molecular formula is C31H28Cl3N3O4S. The molecule has 2 amide bonds. The van der Waals surface area contributed by atoms with E-state index < -0.39 is 34.4 Å². The molecule has 1 N–H and O–H groups in total. The number of amides is 2. The Hall–Kier alpha value is -3.56. The third-order valence-electron chi connectivity index (χ3n) is 6.56. The van der Waals surface area contributed by atoms with Crippen molar-refractivity contribution in [1.29, 1.82) is 0 Å². The molecule has 4 aromatic carbocycles. The summed E-state index contributed by atoms with van der Waals surface area (Å²) in [4.78, 5) is 28.8. The molecule has 1 unspecified atom stereocenters. The Morgan fingerprint density at radius 1 is 0.762 bits per heavy atom. The highest BCUT2D eigenvalue weighted by molar-refractivity contribution is 7.92. The monoisotopic (exact) mass is 643 g/mol. The van der Waals surface area contributed by atoms with E-state index in [4.69, 9.17) is 34.8 Å². The number of hydrogen-bond donors (Lipinski definition) is 1. The number of nitrogens with one attached hydrogen (secondary N) is 1. The summed E-state index contributed by atoms with van der Waals surface area (Å²) in [6.07, 6.45) is 0.209. The van der Waals surface area contributed by atoms with Crippen LogP contribution in [0.25, 0.3) is 0 Å². The molecule has 0 saturated heterocycles. The fourth-order valence-electron chi connectivity index (χ4n) is 4.40. The van der Waals surface area contributed by atoms with Gasteiger partial charge in [-0.2, -0.15) is 0 Å². The zero-order valence-electron chi connectivity index (χ0n) is 22.6. The van der Waals surface area contributed by atoms with Gasteiger partial charge >= 0.3 is 0 Å². The molecule has 0 aromatic heterocycles. The molecule has 0 fully saturated rings. The lowest BCUT2D eigenvalue weighted by molar-refractivity contribution is -0.139. The molecule has 0 bridgehead atoms. The van der Waals surface area contributed by atoms with Gasteiger partial charge in [-0.3, -0.25) is 13.9 Å². The van der Waals surface area contributed by atoms with Gasteiger partial charge in [0.05, 0.1) is 10.6 Å². The highest BCUT2D eigenvalue weighted by atomic mass is 35.5. The number of anilines is 1. The highest BCUT2D eigenvalue weighted by Crippen LogP contribution is 2.28. The normalized spacial score (nSPS) is 11.9. The van der Waals surface area contributed by atoms with Crippen LogP contribution in [-0.2, 0) is 32.6 Å². The van der Waals surface area contributed by atoms with E-state index in [0.717, 1.165) is 9.87 Å². The van der Waals surface area contributed by atoms with E-state index in [2.05, 4.69) is 5.32 Å². The van der Waals surface area contributed by atoms with Crippen LogP contribution in [0.3, 0.4) is 0 Å². The van der Waals surface area contributed by atoms with Gasteiger partial charge in [-0.25, -0.2) is 8.42 Å². The molecule has 4 rings (SSSR count). The first-order valence-corrected chi connectivity index (χ1v) is 15.5. The maximum Gasteiger partial charge on any atom is 0.264 e. The van der Waals surface area contributed by atoms with Crippen molar-refractivity contribution >= 4 is 62.3 Å². The largest absolute Gasteiger partial charge is 0.357 e. The summed E-state index contributed by atoms with van der Waals surface area (Å²) in [5.41, 5.74) is 1.74. The summed E-state index contributed by atoms with van der Waals surface area (Å²) in [5, 5.41) is 3.83. The number of halogens is 3.